The van der Waals surface area contributed by atoms with Crippen molar-refractivity contribution in [3.8, 4) is 0 Å². The van der Waals surface area contributed by atoms with Crippen molar-refractivity contribution < 1.29 is 9.00 Å². The van der Waals surface area contributed by atoms with E-state index in [2.05, 4.69) is 6.92 Å². The molecular formula is C20H23NO2S. The van der Waals surface area contributed by atoms with Gasteiger partial charge in [-0.25, -0.2) is 0 Å². The molecule has 1 aliphatic heterocycles. The minimum atomic E-state index is -1.29. The molecule has 1 aliphatic rings. The number of rotatable bonds is 5. The van der Waals surface area contributed by atoms with Crippen LogP contribution in [-0.4, -0.2) is 26.8 Å². The molecule has 0 bridgehead atoms. The van der Waals surface area contributed by atoms with Crippen molar-refractivity contribution in [1.29, 1.82) is 0 Å². The van der Waals surface area contributed by atoms with E-state index in [0.717, 1.165) is 23.4 Å². The van der Waals surface area contributed by atoms with E-state index in [1.807, 2.05) is 65.6 Å². The number of carbonyl (C=O) groups is 1. The monoisotopic (exact) mass is 341 g/mol. The van der Waals surface area contributed by atoms with Crippen LogP contribution >= 0.6 is 0 Å². The van der Waals surface area contributed by atoms with Crippen molar-refractivity contribution in [3.05, 3.63) is 66.2 Å². The summed E-state index contributed by atoms with van der Waals surface area (Å²) < 4.78 is 12.9. The Kier molecular flexibility index (Phi) is 5.46. The van der Waals surface area contributed by atoms with Crippen LogP contribution in [0.25, 0.3) is 0 Å². The zero-order valence-electron chi connectivity index (χ0n) is 13.9. The number of hydrogen-bond acceptors (Lipinski definition) is 2. The molecule has 1 heterocycles. The van der Waals surface area contributed by atoms with Gasteiger partial charge in [-0.05, 0) is 30.0 Å². The highest BCUT2D eigenvalue weighted by Crippen LogP contribution is 2.28. The number of nitrogens with zero attached hydrogens (tertiary/aromatic N) is 1. The smallest absolute Gasteiger partial charge is 0.239 e. The van der Waals surface area contributed by atoms with Crippen LogP contribution in [-0.2, 0) is 22.1 Å². The van der Waals surface area contributed by atoms with Crippen molar-refractivity contribution in [2.24, 2.45) is 5.92 Å². The molecule has 0 aromatic heterocycles. The van der Waals surface area contributed by atoms with Gasteiger partial charge in [0.1, 0.15) is 5.25 Å². The van der Waals surface area contributed by atoms with Gasteiger partial charge in [-0.15, -0.1) is 0 Å². The molecule has 2 aromatic carbocycles. The molecule has 3 unspecified atom stereocenters. The van der Waals surface area contributed by atoms with Gasteiger partial charge in [-0.1, -0.05) is 61.9 Å². The summed E-state index contributed by atoms with van der Waals surface area (Å²) in [4.78, 5) is 15.6. The van der Waals surface area contributed by atoms with Crippen LogP contribution in [0.15, 0.2) is 65.6 Å². The lowest BCUT2D eigenvalue weighted by Gasteiger charge is -2.36. The van der Waals surface area contributed by atoms with Gasteiger partial charge in [-0.2, -0.15) is 0 Å². The van der Waals surface area contributed by atoms with Crippen molar-refractivity contribution in [3.63, 3.8) is 0 Å². The van der Waals surface area contributed by atoms with Gasteiger partial charge in [0.2, 0.25) is 5.91 Å². The minimum Gasteiger partial charge on any atom is -0.337 e. The zero-order valence-corrected chi connectivity index (χ0v) is 14.7. The largest absolute Gasteiger partial charge is 0.337 e. The van der Waals surface area contributed by atoms with E-state index in [1.165, 1.54) is 0 Å². The molecule has 0 radical (unpaired) electrons. The molecule has 3 atom stereocenters. The Morgan fingerprint density at radius 1 is 1.04 bits per heavy atom. The first-order valence-corrected chi connectivity index (χ1v) is 9.68. The van der Waals surface area contributed by atoms with E-state index in [0.29, 0.717) is 18.9 Å². The lowest BCUT2D eigenvalue weighted by Crippen LogP contribution is -2.49. The van der Waals surface area contributed by atoms with E-state index >= 15 is 0 Å². The van der Waals surface area contributed by atoms with Crippen LogP contribution < -0.4 is 0 Å². The lowest BCUT2D eigenvalue weighted by atomic mass is 9.94. The fourth-order valence-electron chi connectivity index (χ4n) is 3.22. The van der Waals surface area contributed by atoms with E-state index in [1.54, 1.807) is 0 Å². The highest BCUT2D eigenvalue weighted by molar-refractivity contribution is 7.86. The minimum absolute atomic E-state index is 0.0192. The maximum atomic E-state index is 12.9. The Balaban J connectivity index is 1.81. The van der Waals surface area contributed by atoms with Crippen LogP contribution in [0.5, 0.6) is 0 Å². The second kappa shape index (κ2) is 7.75. The summed E-state index contributed by atoms with van der Waals surface area (Å²) in [5.74, 6) is 0.426. The van der Waals surface area contributed by atoms with Crippen LogP contribution in [0.4, 0.5) is 0 Å². The van der Waals surface area contributed by atoms with Gasteiger partial charge in [0.05, 0.1) is 10.8 Å². The van der Waals surface area contributed by atoms with Crippen LogP contribution in [0, 0.1) is 5.92 Å². The average Bonchev–Trinajstić information content (AvgIpc) is 2.64. The number of hydrogen-bond donors (Lipinski definition) is 0. The van der Waals surface area contributed by atoms with Crippen molar-refractivity contribution in [2.45, 2.75) is 36.5 Å². The van der Waals surface area contributed by atoms with E-state index < -0.39 is 16.0 Å². The Bertz CT molecular complexity index is 702. The molecule has 126 valence electrons. The molecule has 4 heteroatoms. The van der Waals surface area contributed by atoms with Crippen molar-refractivity contribution in [2.75, 3.05) is 6.54 Å². The van der Waals surface area contributed by atoms with Gasteiger partial charge in [0, 0.05) is 18.0 Å². The summed E-state index contributed by atoms with van der Waals surface area (Å²) in [6.07, 6.45) is 1.71. The summed E-state index contributed by atoms with van der Waals surface area (Å²) in [7, 11) is -1.29. The molecule has 0 aliphatic carbocycles. The highest BCUT2D eigenvalue weighted by Gasteiger charge is 2.37. The Labute approximate surface area is 146 Å². The summed E-state index contributed by atoms with van der Waals surface area (Å²) in [5.41, 5.74) is 1.12. The highest BCUT2D eigenvalue weighted by atomic mass is 32.2. The number of likely N-dealkylation sites (tertiary alicyclic amines) is 1. The average molecular weight is 341 g/mol. The number of benzene rings is 2. The van der Waals surface area contributed by atoms with Crippen LogP contribution in [0.3, 0.4) is 0 Å². The van der Waals surface area contributed by atoms with E-state index in [-0.39, 0.29) is 5.91 Å². The first kappa shape index (κ1) is 16.9. The SMILES string of the molecule is CCC1CC(S(=O)c2ccccc2)C(=O)N(Cc2ccccc2)C1. The lowest BCUT2D eigenvalue weighted by molar-refractivity contribution is -0.134. The van der Waals surface area contributed by atoms with Crippen molar-refractivity contribution in [1.82, 2.24) is 4.90 Å². The van der Waals surface area contributed by atoms with Crippen molar-refractivity contribution >= 4 is 16.7 Å². The van der Waals surface area contributed by atoms with E-state index in [4.69, 9.17) is 0 Å². The third kappa shape index (κ3) is 3.75. The molecule has 24 heavy (non-hydrogen) atoms. The molecule has 2 aromatic rings. The predicted molar refractivity (Wildman–Crippen MR) is 96.9 cm³/mol. The van der Waals surface area contributed by atoms with Gasteiger partial charge in [-0.3, -0.25) is 9.00 Å². The quantitative estimate of drug-likeness (QED) is 0.833. The predicted octanol–water partition coefficient (Wildman–Crippen LogP) is 3.62. The second-order valence-corrected chi connectivity index (χ2v) is 7.95. The summed E-state index contributed by atoms with van der Waals surface area (Å²) >= 11 is 0. The molecule has 1 fully saturated rings. The van der Waals surface area contributed by atoms with Crippen LogP contribution in [0.1, 0.15) is 25.3 Å². The molecule has 3 nitrogen and oxygen atoms in total. The molecule has 0 saturated carbocycles. The maximum absolute atomic E-state index is 12.9. The first-order chi connectivity index (χ1) is 11.7. The molecule has 0 spiro atoms. The molecule has 0 N–H and O–H groups in total. The molecule has 3 rings (SSSR count). The van der Waals surface area contributed by atoms with Gasteiger partial charge < -0.3 is 4.90 Å². The molecule has 1 saturated heterocycles. The summed E-state index contributed by atoms with van der Waals surface area (Å²) in [5, 5.41) is -0.435. The maximum Gasteiger partial charge on any atom is 0.239 e. The third-order valence-corrected chi connectivity index (χ3v) is 6.29. The molecule has 1 amide bonds. The fraction of sp³-hybridized carbons (Fsp3) is 0.350. The number of carbonyl (C=O) groups excluding carboxylic acids is 1. The number of amides is 1. The zero-order chi connectivity index (χ0) is 16.9. The Morgan fingerprint density at radius 2 is 1.67 bits per heavy atom. The third-order valence-electron chi connectivity index (χ3n) is 4.64. The Hall–Kier alpha value is -1.94. The van der Waals surface area contributed by atoms with Gasteiger partial charge in [0.25, 0.3) is 0 Å². The van der Waals surface area contributed by atoms with Gasteiger partial charge in [0.15, 0.2) is 0 Å². The first-order valence-electron chi connectivity index (χ1n) is 8.47. The fourth-order valence-corrected chi connectivity index (χ4v) is 4.76. The topological polar surface area (TPSA) is 37.4 Å². The van der Waals surface area contributed by atoms with Crippen LogP contribution in [0.2, 0.25) is 0 Å². The Morgan fingerprint density at radius 3 is 2.29 bits per heavy atom. The van der Waals surface area contributed by atoms with E-state index in [9.17, 15) is 9.00 Å². The second-order valence-electron chi connectivity index (χ2n) is 6.31. The molecular weight excluding hydrogens is 318 g/mol. The summed E-state index contributed by atoms with van der Waals surface area (Å²) in [6.45, 7) is 3.50. The van der Waals surface area contributed by atoms with Gasteiger partial charge >= 0.3 is 0 Å². The normalized spacial score (nSPS) is 22.4. The number of piperidine rings is 1. The summed E-state index contributed by atoms with van der Waals surface area (Å²) in [6, 6.07) is 19.4. The standard InChI is InChI=1S/C20H23NO2S/c1-2-16-13-19(24(23)18-11-7-4-8-12-18)20(22)21(14-16)15-17-9-5-3-6-10-17/h3-12,16,19H,2,13-15H2,1H3.